The normalized spacial score (nSPS) is 21.4. The van der Waals surface area contributed by atoms with Gasteiger partial charge < -0.3 is 14.6 Å². The highest BCUT2D eigenvalue weighted by Gasteiger charge is 2.17. The molecular formula is C16H26N4O2. The van der Waals surface area contributed by atoms with Crippen LogP contribution in [0.2, 0.25) is 0 Å². The molecule has 3 heterocycles. The fourth-order valence-corrected chi connectivity index (χ4v) is 3.30. The summed E-state index contributed by atoms with van der Waals surface area (Å²) >= 11 is 0. The van der Waals surface area contributed by atoms with Crippen LogP contribution in [0.25, 0.3) is 0 Å². The summed E-state index contributed by atoms with van der Waals surface area (Å²) in [4.78, 5) is 11.9. The van der Waals surface area contributed by atoms with Crippen molar-refractivity contribution in [2.45, 2.75) is 70.4 Å². The zero-order valence-corrected chi connectivity index (χ0v) is 13.2. The van der Waals surface area contributed by atoms with Crippen molar-refractivity contribution in [2.24, 2.45) is 0 Å². The number of carbonyl (C=O) groups is 1. The van der Waals surface area contributed by atoms with E-state index < -0.39 is 0 Å². The van der Waals surface area contributed by atoms with Gasteiger partial charge in [-0.15, -0.1) is 10.2 Å². The van der Waals surface area contributed by atoms with Crippen LogP contribution in [-0.2, 0) is 28.9 Å². The fourth-order valence-electron chi connectivity index (χ4n) is 3.30. The summed E-state index contributed by atoms with van der Waals surface area (Å²) in [6.45, 7) is 2.51. The SMILES string of the molecule is O=C(CC[C@@H]1CCCO1)NCCc1nnc2n1CCCCC2. The first-order chi connectivity index (χ1) is 10.8. The number of nitrogens with zero attached hydrogens (tertiary/aromatic N) is 3. The van der Waals surface area contributed by atoms with E-state index in [-0.39, 0.29) is 12.0 Å². The zero-order valence-electron chi connectivity index (χ0n) is 13.2. The second-order valence-electron chi connectivity index (χ2n) is 6.27. The van der Waals surface area contributed by atoms with Crippen LogP contribution in [0.15, 0.2) is 0 Å². The van der Waals surface area contributed by atoms with Crippen molar-refractivity contribution in [2.75, 3.05) is 13.2 Å². The Kier molecular flexibility index (Phi) is 5.43. The van der Waals surface area contributed by atoms with Gasteiger partial charge in [0.05, 0.1) is 6.10 Å². The van der Waals surface area contributed by atoms with Gasteiger partial charge in [0, 0.05) is 39.0 Å². The van der Waals surface area contributed by atoms with Gasteiger partial charge in [-0.3, -0.25) is 4.79 Å². The van der Waals surface area contributed by atoms with Crippen LogP contribution in [0.5, 0.6) is 0 Å². The number of amides is 1. The molecule has 0 bridgehead atoms. The Morgan fingerprint density at radius 1 is 1.27 bits per heavy atom. The second kappa shape index (κ2) is 7.72. The van der Waals surface area contributed by atoms with Crippen molar-refractivity contribution in [1.29, 1.82) is 0 Å². The number of hydrogen-bond donors (Lipinski definition) is 1. The molecular weight excluding hydrogens is 280 g/mol. The van der Waals surface area contributed by atoms with Gasteiger partial charge in [-0.1, -0.05) is 6.42 Å². The summed E-state index contributed by atoms with van der Waals surface area (Å²) in [7, 11) is 0. The van der Waals surface area contributed by atoms with Crippen LogP contribution in [0.1, 0.15) is 56.6 Å². The van der Waals surface area contributed by atoms with Crippen molar-refractivity contribution >= 4 is 5.91 Å². The molecule has 6 nitrogen and oxygen atoms in total. The molecule has 0 unspecified atom stereocenters. The van der Waals surface area contributed by atoms with E-state index in [1.165, 1.54) is 19.3 Å². The first-order valence-corrected chi connectivity index (χ1v) is 8.62. The smallest absolute Gasteiger partial charge is 0.220 e. The molecule has 22 heavy (non-hydrogen) atoms. The predicted octanol–water partition coefficient (Wildman–Crippen LogP) is 1.62. The Morgan fingerprint density at radius 3 is 3.09 bits per heavy atom. The molecule has 0 aromatic carbocycles. The molecule has 0 aliphatic carbocycles. The molecule has 1 atom stereocenters. The molecule has 0 spiro atoms. The molecule has 1 aromatic heterocycles. The molecule has 2 aliphatic rings. The number of aromatic nitrogens is 3. The van der Waals surface area contributed by atoms with Crippen LogP contribution in [0, 0.1) is 0 Å². The van der Waals surface area contributed by atoms with Crippen LogP contribution in [-0.4, -0.2) is 39.9 Å². The quantitative estimate of drug-likeness (QED) is 0.867. The second-order valence-corrected chi connectivity index (χ2v) is 6.27. The van der Waals surface area contributed by atoms with Crippen molar-refractivity contribution in [3.8, 4) is 0 Å². The number of carbonyl (C=O) groups excluding carboxylic acids is 1. The highest BCUT2D eigenvalue weighted by Crippen LogP contribution is 2.17. The molecule has 122 valence electrons. The van der Waals surface area contributed by atoms with Crippen LogP contribution < -0.4 is 5.32 Å². The van der Waals surface area contributed by atoms with E-state index in [4.69, 9.17) is 4.74 Å². The monoisotopic (exact) mass is 306 g/mol. The van der Waals surface area contributed by atoms with Crippen molar-refractivity contribution in [1.82, 2.24) is 20.1 Å². The summed E-state index contributed by atoms with van der Waals surface area (Å²) in [5, 5.41) is 11.6. The fraction of sp³-hybridized carbons (Fsp3) is 0.812. The number of fused-ring (bicyclic) bond motifs is 1. The van der Waals surface area contributed by atoms with Gasteiger partial charge in [0.1, 0.15) is 11.6 Å². The van der Waals surface area contributed by atoms with Crippen LogP contribution in [0.3, 0.4) is 0 Å². The Hall–Kier alpha value is -1.43. The molecule has 2 aliphatic heterocycles. The lowest BCUT2D eigenvalue weighted by molar-refractivity contribution is -0.121. The topological polar surface area (TPSA) is 69.0 Å². The van der Waals surface area contributed by atoms with Crippen molar-refractivity contribution in [3.63, 3.8) is 0 Å². The number of ether oxygens (including phenoxy) is 1. The third-order valence-corrected chi connectivity index (χ3v) is 4.57. The van der Waals surface area contributed by atoms with E-state index in [2.05, 4.69) is 20.1 Å². The minimum atomic E-state index is 0.117. The maximum Gasteiger partial charge on any atom is 0.220 e. The molecule has 1 N–H and O–H groups in total. The molecule has 1 amide bonds. The van der Waals surface area contributed by atoms with Crippen LogP contribution >= 0.6 is 0 Å². The van der Waals surface area contributed by atoms with Gasteiger partial charge in [0.25, 0.3) is 0 Å². The lowest BCUT2D eigenvalue weighted by Gasteiger charge is -2.10. The Bertz CT molecular complexity index is 494. The maximum absolute atomic E-state index is 11.9. The van der Waals surface area contributed by atoms with Gasteiger partial charge in [-0.25, -0.2) is 0 Å². The third kappa shape index (κ3) is 4.06. The lowest BCUT2D eigenvalue weighted by Crippen LogP contribution is -2.27. The summed E-state index contributed by atoms with van der Waals surface area (Å²) in [5.41, 5.74) is 0. The minimum absolute atomic E-state index is 0.117. The summed E-state index contributed by atoms with van der Waals surface area (Å²) in [6, 6.07) is 0. The average molecular weight is 306 g/mol. The Balaban J connectivity index is 1.39. The van der Waals surface area contributed by atoms with E-state index in [0.29, 0.717) is 13.0 Å². The van der Waals surface area contributed by atoms with E-state index >= 15 is 0 Å². The highest BCUT2D eigenvalue weighted by atomic mass is 16.5. The van der Waals surface area contributed by atoms with Gasteiger partial charge in [0.15, 0.2) is 0 Å². The largest absolute Gasteiger partial charge is 0.378 e. The Labute approximate surface area is 131 Å². The predicted molar refractivity (Wildman–Crippen MR) is 82.5 cm³/mol. The standard InChI is InChI=1S/C16H26N4O2/c21-16(8-7-13-5-4-12-22-13)17-10-9-15-19-18-14-6-2-1-3-11-20(14)15/h13H,1-12H2,(H,17,21)/t13-/m0/s1. The van der Waals surface area contributed by atoms with E-state index in [0.717, 1.165) is 56.9 Å². The Morgan fingerprint density at radius 2 is 2.23 bits per heavy atom. The summed E-state index contributed by atoms with van der Waals surface area (Å²) in [6.07, 6.45) is 9.38. The van der Waals surface area contributed by atoms with Crippen molar-refractivity contribution in [3.05, 3.63) is 11.6 Å². The zero-order chi connectivity index (χ0) is 15.2. The maximum atomic E-state index is 11.9. The first kappa shape index (κ1) is 15.5. The van der Waals surface area contributed by atoms with Crippen molar-refractivity contribution < 1.29 is 9.53 Å². The van der Waals surface area contributed by atoms with Gasteiger partial charge in [-0.2, -0.15) is 0 Å². The average Bonchev–Trinajstić information content (AvgIpc) is 3.11. The van der Waals surface area contributed by atoms with E-state index in [1.54, 1.807) is 0 Å². The summed E-state index contributed by atoms with van der Waals surface area (Å²) < 4.78 is 7.78. The van der Waals surface area contributed by atoms with Crippen LogP contribution in [0.4, 0.5) is 0 Å². The van der Waals surface area contributed by atoms with Gasteiger partial charge in [0.2, 0.25) is 5.91 Å². The minimum Gasteiger partial charge on any atom is -0.378 e. The number of rotatable bonds is 6. The first-order valence-electron chi connectivity index (χ1n) is 8.62. The molecule has 1 fully saturated rings. The molecule has 3 rings (SSSR count). The number of hydrogen-bond acceptors (Lipinski definition) is 4. The third-order valence-electron chi connectivity index (χ3n) is 4.57. The highest BCUT2D eigenvalue weighted by molar-refractivity contribution is 5.75. The molecule has 0 saturated carbocycles. The number of aryl methyl sites for hydroxylation is 1. The molecule has 6 heteroatoms. The number of nitrogens with one attached hydrogen (secondary N) is 1. The van der Waals surface area contributed by atoms with E-state index in [9.17, 15) is 4.79 Å². The summed E-state index contributed by atoms with van der Waals surface area (Å²) in [5.74, 6) is 2.24. The van der Waals surface area contributed by atoms with Gasteiger partial charge in [-0.05, 0) is 32.1 Å². The molecule has 1 aromatic rings. The lowest BCUT2D eigenvalue weighted by atomic mass is 10.1. The molecule has 1 saturated heterocycles. The van der Waals surface area contributed by atoms with Gasteiger partial charge >= 0.3 is 0 Å². The van der Waals surface area contributed by atoms with E-state index in [1.807, 2.05) is 0 Å². The molecule has 0 radical (unpaired) electrons.